The first-order valence-corrected chi connectivity index (χ1v) is 11.1. The first-order valence-electron chi connectivity index (χ1n) is 11.1. The summed E-state index contributed by atoms with van der Waals surface area (Å²) in [4.78, 5) is 11.3. The van der Waals surface area contributed by atoms with Crippen LogP contribution in [0.3, 0.4) is 0 Å². The zero-order chi connectivity index (χ0) is 21.6. The molecule has 1 fully saturated rings. The Morgan fingerprint density at radius 1 is 1.16 bits per heavy atom. The Kier molecular flexibility index (Phi) is 9.03. The van der Waals surface area contributed by atoms with Gasteiger partial charge in [-0.3, -0.25) is 9.89 Å². The van der Waals surface area contributed by atoms with E-state index in [0.29, 0.717) is 19.1 Å². The van der Waals surface area contributed by atoms with Crippen LogP contribution in [0.25, 0.3) is 0 Å². The van der Waals surface area contributed by atoms with Gasteiger partial charge in [0, 0.05) is 31.8 Å². The van der Waals surface area contributed by atoms with Gasteiger partial charge in [-0.15, -0.1) is 24.0 Å². The fraction of sp³-hybridized carbons (Fsp3) is 0.565. The number of guanidine groups is 1. The summed E-state index contributed by atoms with van der Waals surface area (Å²) in [6.45, 7) is 9.14. The zero-order valence-electron chi connectivity index (χ0n) is 19.1. The molecule has 1 aromatic heterocycles. The lowest BCUT2D eigenvalue weighted by Crippen LogP contribution is -2.40. The molecule has 2 aliphatic rings. The molecule has 2 aliphatic heterocycles. The standard InChI is InChI=1S/C23H33N5O3.HI/c1-16-17(2)31-22(26-16)15-28-9-7-18(8-10-28)14-25-23(24-3)27-19-5-6-20-21(13-19)30-12-4-11-29-20;/h5-6,13,18H,4,7-12,14-15H2,1-3H3,(H2,24,25,27);1H. The predicted octanol–water partition coefficient (Wildman–Crippen LogP) is 3.97. The quantitative estimate of drug-likeness (QED) is 0.328. The van der Waals surface area contributed by atoms with Gasteiger partial charge in [0.2, 0.25) is 5.89 Å². The molecule has 2 aromatic rings. The molecule has 4 rings (SSSR count). The van der Waals surface area contributed by atoms with Gasteiger partial charge in [0.1, 0.15) is 5.76 Å². The maximum Gasteiger partial charge on any atom is 0.208 e. The minimum absolute atomic E-state index is 0. The molecule has 0 radical (unpaired) electrons. The number of rotatable bonds is 5. The number of likely N-dealkylation sites (tertiary alicyclic amines) is 1. The average Bonchev–Trinajstić information content (AvgIpc) is 2.95. The van der Waals surface area contributed by atoms with Gasteiger partial charge in [-0.25, -0.2) is 4.98 Å². The molecule has 0 atom stereocenters. The Hall–Kier alpha value is -2.01. The van der Waals surface area contributed by atoms with Crippen molar-refractivity contribution in [1.82, 2.24) is 15.2 Å². The Bertz CT molecular complexity index is 890. The first kappa shape index (κ1) is 24.6. The number of oxazole rings is 1. The molecule has 0 unspecified atom stereocenters. The van der Waals surface area contributed by atoms with Crippen LogP contribution in [-0.4, -0.2) is 55.7 Å². The molecular formula is C23H34IN5O3. The van der Waals surface area contributed by atoms with Crippen molar-refractivity contribution in [3.8, 4) is 11.5 Å². The Labute approximate surface area is 207 Å². The van der Waals surface area contributed by atoms with E-state index in [9.17, 15) is 0 Å². The van der Waals surface area contributed by atoms with Crippen molar-refractivity contribution in [2.24, 2.45) is 10.9 Å². The monoisotopic (exact) mass is 555 g/mol. The summed E-state index contributed by atoms with van der Waals surface area (Å²) in [5.41, 5.74) is 1.92. The van der Waals surface area contributed by atoms with E-state index in [4.69, 9.17) is 13.9 Å². The molecule has 1 aromatic carbocycles. The normalized spacial score (nSPS) is 17.4. The number of ether oxygens (including phenoxy) is 2. The number of fused-ring (bicyclic) bond motifs is 1. The van der Waals surface area contributed by atoms with E-state index in [1.54, 1.807) is 7.05 Å². The van der Waals surface area contributed by atoms with Crippen molar-refractivity contribution in [1.29, 1.82) is 0 Å². The van der Waals surface area contributed by atoms with E-state index in [2.05, 4.69) is 25.5 Å². The molecule has 32 heavy (non-hydrogen) atoms. The molecule has 2 N–H and O–H groups in total. The first-order chi connectivity index (χ1) is 15.1. The lowest BCUT2D eigenvalue weighted by atomic mass is 9.97. The van der Waals surface area contributed by atoms with E-state index in [1.165, 1.54) is 0 Å². The van der Waals surface area contributed by atoms with Crippen molar-refractivity contribution in [3.63, 3.8) is 0 Å². The number of piperidine rings is 1. The van der Waals surface area contributed by atoms with Crippen LogP contribution >= 0.6 is 24.0 Å². The summed E-state index contributed by atoms with van der Waals surface area (Å²) in [6.07, 6.45) is 3.19. The second-order valence-electron chi connectivity index (χ2n) is 8.26. The largest absolute Gasteiger partial charge is 0.490 e. The lowest BCUT2D eigenvalue weighted by molar-refractivity contribution is 0.164. The average molecular weight is 555 g/mol. The van der Waals surface area contributed by atoms with Crippen molar-refractivity contribution in [2.45, 2.75) is 39.7 Å². The Morgan fingerprint density at radius 3 is 2.59 bits per heavy atom. The third-order valence-electron chi connectivity index (χ3n) is 5.93. The number of benzene rings is 1. The van der Waals surface area contributed by atoms with Crippen LogP contribution in [-0.2, 0) is 6.54 Å². The molecule has 0 amide bonds. The van der Waals surface area contributed by atoms with Crippen molar-refractivity contribution in [2.75, 3.05) is 45.2 Å². The van der Waals surface area contributed by atoms with E-state index in [-0.39, 0.29) is 24.0 Å². The molecule has 1 saturated heterocycles. The minimum atomic E-state index is 0. The van der Waals surface area contributed by atoms with Crippen LogP contribution in [0, 0.1) is 19.8 Å². The molecule has 0 aliphatic carbocycles. The molecule has 0 bridgehead atoms. The SMILES string of the molecule is CN=C(NCC1CCN(Cc2nc(C)c(C)o2)CC1)Nc1ccc2c(c1)OCCCO2.I. The number of halogens is 1. The Balaban J connectivity index is 0.00000289. The summed E-state index contributed by atoms with van der Waals surface area (Å²) in [6, 6.07) is 5.91. The summed E-state index contributed by atoms with van der Waals surface area (Å²) in [5.74, 6) is 4.71. The number of aryl methyl sites for hydroxylation is 2. The summed E-state index contributed by atoms with van der Waals surface area (Å²) in [5, 5.41) is 6.83. The topological polar surface area (TPSA) is 84.2 Å². The molecule has 0 spiro atoms. The molecule has 176 valence electrons. The van der Waals surface area contributed by atoms with Crippen molar-refractivity contribution < 1.29 is 13.9 Å². The van der Waals surface area contributed by atoms with E-state index >= 15 is 0 Å². The number of hydrogen-bond acceptors (Lipinski definition) is 6. The summed E-state index contributed by atoms with van der Waals surface area (Å²) < 4.78 is 17.2. The molecular weight excluding hydrogens is 521 g/mol. The third-order valence-corrected chi connectivity index (χ3v) is 5.93. The highest BCUT2D eigenvalue weighted by Crippen LogP contribution is 2.32. The third kappa shape index (κ3) is 6.50. The van der Waals surface area contributed by atoms with Gasteiger partial charge in [-0.05, 0) is 57.8 Å². The highest BCUT2D eigenvalue weighted by molar-refractivity contribution is 14.0. The van der Waals surface area contributed by atoms with Crippen molar-refractivity contribution in [3.05, 3.63) is 35.5 Å². The van der Waals surface area contributed by atoms with E-state index < -0.39 is 0 Å². The van der Waals surface area contributed by atoms with Crippen molar-refractivity contribution >= 4 is 35.6 Å². The highest BCUT2D eigenvalue weighted by Gasteiger charge is 2.21. The number of nitrogens with one attached hydrogen (secondary N) is 2. The number of aromatic nitrogens is 1. The van der Waals surface area contributed by atoms with Crippen LogP contribution < -0.4 is 20.1 Å². The van der Waals surface area contributed by atoms with Crippen LogP contribution in [0.15, 0.2) is 27.6 Å². The lowest BCUT2D eigenvalue weighted by Gasteiger charge is -2.31. The maximum absolute atomic E-state index is 5.78. The van der Waals surface area contributed by atoms with Gasteiger partial charge in [0.15, 0.2) is 17.5 Å². The van der Waals surface area contributed by atoms with Gasteiger partial charge in [0.05, 0.1) is 25.5 Å². The summed E-state index contributed by atoms with van der Waals surface area (Å²) >= 11 is 0. The second-order valence-corrected chi connectivity index (χ2v) is 8.26. The second kappa shape index (κ2) is 11.7. The number of nitrogens with zero attached hydrogens (tertiary/aromatic N) is 3. The Morgan fingerprint density at radius 2 is 1.91 bits per heavy atom. The van der Waals surface area contributed by atoms with Crippen LogP contribution in [0.5, 0.6) is 11.5 Å². The van der Waals surface area contributed by atoms with Gasteiger partial charge in [-0.1, -0.05) is 0 Å². The van der Waals surface area contributed by atoms with Gasteiger partial charge in [0.25, 0.3) is 0 Å². The smallest absolute Gasteiger partial charge is 0.208 e. The van der Waals surface area contributed by atoms with Crippen LogP contribution in [0.1, 0.15) is 36.6 Å². The number of anilines is 1. The fourth-order valence-corrected chi connectivity index (χ4v) is 3.94. The zero-order valence-corrected chi connectivity index (χ0v) is 21.5. The highest BCUT2D eigenvalue weighted by atomic mass is 127. The molecule has 9 heteroatoms. The molecule has 8 nitrogen and oxygen atoms in total. The maximum atomic E-state index is 5.78. The van der Waals surface area contributed by atoms with Crippen LogP contribution in [0.4, 0.5) is 5.69 Å². The van der Waals surface area contributed by atoms with Gasteiger partial charge in [-0.2, -0.15) is 0 Å². The molecule has 3 heterocycles. The number of hydrogen-bond donors (Lipinski definition) is 2. The number of aliphatic imine (C=N–C) groups is 1. The summed E-state index contributed by atoms with van der Waals surface area (Å²) in [7, 11) is 1.79. The van der Waals surface area contributed by atoms with E-state index in [1.807, 2.05) is 32.0 Å². The van der Waals surface area contributed by atoms with Gasteiger partial charge >= 0.3 is 0 Å². The predicted molar refractivity (Wildman–Crippen MR) is 136 cm³/mol. The molecule has 0 saturated carbocycles. The fourth-order valence-electron chi connectivity index (χ4n) is 3.94. The van der Waals surface area contributed by atoms with Crippen LogP contribution in [0.2, 0.25) is 0 Å². The van der Waals surface area contributed by atoms with Gasteiger partial charge < -0.3 is 24.5 Å². The minimum Gasteiger partial charge on any atom is -0.490 e. The van der Waals surface area contributed by atoms with E-state index in [0.717, 1.165) is 85.9 Å².